The van der Waals surface area contributed by atoms with E-state index in [-0.39, 0.29) is 17.9 Å². The van der Waals surface area contributed by atoms with Gasteiger partial charge >= 0.3 is 5.97 Å². The Balaban J connectivity index is 2.07. The van der Waals surface area contributed by atoms with Gasteiger partial charge in [-0.05, 0) is 19.8 Å². The van der Waals surface area contributed by atoms with Crippen LogP contribution in [0.3, 0.4) is 0 Å². The van der Waals surface area contributed by atoms with Gasteiger partial charge in [-0.2, -0.15) is 0 Å². The summed E-state index contributed by atoms with van der Waals surface area (Å²) in [4.78, 5) is 17.8. The molecule has 1 N–H and O–H groups in total. The highest BCUT2D eigenvalue weighted by molar-refractivity contribution is 7.09. The molecule has 1 aromatic rings. The van der Waals surface area contributed by atoms with Crippen molar-refractivity contribution >= 4 is 17.3 Å². The molecule has 17 heavy (non-hydrogen) atoms. The zero-order valence-corrected chi connectivity index (χ0v) is 11.2. The summed E-state index contributed by atoms with van der Waals surface area (Å²) >= 11 is 1.65. The summed E-state index contributed by atoms with van der Waals surface area (Å²) in [5.41, 5.74) is 1.06. The van der Waals surface area contributed by atoms with E-state index < -0.39 is 5.97 Å². The van der Waals surface area contributed by atoms with E-state index in [4.69, 9.17) is 5.11 Å². The first-order valence-electron chi connectivity index (χ1n) is 5.88. The third-order valence-corrected chi connectivity index (χ3v) is 4.36. The largest absolute Gasteiger partial charge is 0.481 e. The number of rotatable bonds is 3. The smallest absolute Gasteiger partial charge is 0.308 e. The van der Waals surface area contributed by atoms with Crippen molar-refractivity contribution in [3.05, 3.63) is 16.1 Å². The molecule has 0 saturated carbocycles. The fraction of sp³-hybridized carbons (Fsp3) is 0.667. The lowest BCUT2D eigenvalue weighted by Gasteiger charge is -2.22. The first-order chi connectivity index (χ1) is 7.99. The Kier molecular flexibility index (Phi) is 3.49. The molecule has 0 spiro atoms. The number of aliphatic carboxylic acids is 1. The predicted molar refractivity (Wildman–Crippen MR) is 67.1 cm³/mol. The monoisotopic (exact) mass is 254 g/mol. The maximum atomic E-state index is 11.1. The Morgan fingerprint density at radius 2 is 2.35 bits per heavy atom. The fourth-order valence-corrected chi connectivity index (χ4v) is 3.10. The second kappa shape index (κ2) is 4.74. The molecule has 5 heteroatoms. The van der Waals surface area contributed by atoms with E-state index >= 15 is 0 Å². The summed E-state index contributed by atoms with van der Waals surface area (Å²) in [5.74, 6) is -0.700. The Morgan fingerprint density at radius 3 is 2.82 bits per heavy atom. The van der Waals surface area contributed by atoms with Gasteiger partial charge < -0.3 is 5.11 Å². The van der Waals surface area contributed by atoms with Crippen molar-refractivity contribution in [2.45, 2.75) is 26.8 Å². The van der Waals surface area contributed by atoms with Crippen LogP contribution < -0.4 is 0 Å². The highest BCUT2D eigenvalue weighted by atomic mass is 32.1. The Labute approximate surface area is 105 Å². The van der Waals surface area contributed by atoms with E-state index in [1.165, 1.54) is 0 Å². The van der Waals surface area contributed by atoms with Crippen molar-refractivity contribution in [3.63, 3.8) is 0 Å². The van der Waals surface area contributed by atoms with Crippen LogP contribution in [0.25, 0.3) is 0 Å². The van der Waals surface area contributed by atoms with Crippen LogP contribution in [0.5, 0.6) is 0 Å². The average Bonchev–Trinajstić information content (AvgIpc) is 2.83. The molecular formula is C12H18N2O2S. The molecule has 0 bridgehead atoms. The van der Waals surface area contributed by atoms with E-state index in [1.807, 2.05) is 13.8 Å². The number of likely N-dealkylation sites (tertiary alicyclic amines) is 1. The molecule has 0 aromatic carbocycles. The van der Waals surface area contributed by atoms with E-state index in [0.29, 0.717) is 6.54 Å². The molecule has 1 unspecified atom stereocenters. The quantitative estimate of drug-likeness (QED) is 0.898. The molecule has 1 aliphatic rings. The molecule has 4 nitrogen and oxygen atoms in total. The van der Waals surface area contributed by atoms with Crippen LogP contribution in [0, 0.1) is 18.8 Å². The summed E-state index contributed by atoms with van der Waals surface area (Å²) in [6, 6.07) is 0.215. The lowest BCUT2D eigenvalue weighted by atomic mass is 9.99. The molecule has 1 fully saturated rings. The lowest BCUT2D eigenvalue weighted by Crippen LogP contribution is -2.26. The van der Waals surface area contributed by atoms with Gasteiger partial charge in [0, 0.05) is 18.5 Å². The molecule has 2 heterocycles. The second-order valence-corrected chi connectivity index (χ2v) is 5.91. The highest BCUT2D eigenvalue weighted by Gasteiger charge is 2.37. The van der Waals surface area contributed by atoms with Gasteiger partial charge in [-0.3, -0.25) is 9.69 Å². The normalized spacial score (nSPS) is 27.2. The van der Waals surface area contributed by atoms with Gasteiger partial charge in [0.25, 0.3) is 0 Å². The van der Waals surface area contributed by atoms with Gasteiger partial charge in [0.2, 0.25) is 0 Å². The van der Waals surface area contributed by atoms with Crippen molar-refractivity contribution in [1.29, 1.82) is 0 Å². The number of carbonyl (C=O) groups is 1. The maximum absolute atomic E-state index is 11.1. The van der Waals surface area contributed by atoms with Crippen LogP contribution in [-0.4, -0.2) is 34.0 Å². The van der Waals surface area contributed by atoms with Crippen molar-refractivity contribution in [1.82, 2.24) is 9.88 Å². The van der Waals surface area contributed by atoms with E-state index in [2.05, 4.69) is 22.2 Å². The number of aryl methyl sites for hydroxylation is 1. The highest BCUT2D eigenvalue weighted by Crippen LogP contribution is 2.31. The fourth-order valence-electron chi connectivity index (χ4n) is 2.40. The van der Waals surface area contributed by atoms with Crippen LogP contribution in [0.4, 0.5) is 0 Å². The summed E-state index contributed by atoms with van der Waals surface area (Å²) in [6.45, 7) is 7.58. The van der Waals surface area contributed by atoms with Gasteiger partial charge in [0.15, 0.2) is 0 Å². The minimum Gasteiger partial charge on any atom is -0.481 e. The van der Waals surface area contributed by atoms with Crippen LogP contribution in [0.2, 0.25) is 0 Å². The molecule has 0 radical (unpaired) electrons. The molecule has 1 aliphatic heterocycles. The van der Waals surface area contributed by atoms with Crippen molar-refractivity contribution in [2.75, 3.05) is 13.1 Å². The van der Waals surface area contributed by atoms with Crippen molar-refractivity contribution in [3.8, 4) is 0 Å². The molecule has 1 aromatic heterocycles. The standard InChI is InChI=1S/C12H18N2O2S/c1-7-4-14(5-10(7)12(15)16)8(2)11-6-17-9(3)13-11/h6-8,10H,4-5H2,1-3H3,(H,15,16)/t7-,8?,10-/m1/s1. The Bertz CT molecular complexity index is 418. The number of nitrogens with zero attached hydrogens (tertiary/aromatic N) is 2. The number of carboxylic acid groups (broad SMARTS) is 1. The van der Waals surface area contributed by atoms with Gasteiger partial charge in [-0.1, -0.05) is 6.92 Å². The third-order valence-electron chi connectivity index (χ3n) is 3.57. The number of hydrogen-bond donors (Lipinski definition) is 1. The molecule has 2 rings (SSSR count). The first kappa shape index (κ1) is 12.5. The van der Waals surface area contributed by atoms with Gasteiger partial charge in [0.1, 0.15) is 0 Å². The molecular weight excluding hydrogens is 236 g/mol. The second-order valence-electron chi connectivity index (χ2n) is 4.84. The molecule has 1 saturated heterocycles. The minimum atomic E-state index is -0.679. The van der Waals surface area contributed by atoms with E-state index in [9.17, 15) is 4.79 Å². The van der Waals surface area contributed by atoms with E-state index in [0.717, 1.165) is 17.2 Å². The first-order valence-corrected chi connectivity index (χ1v) is 6.76. The average molecular weight is 254 g/mol. The SMILES string of the molecule is Cc1nc(C(C)N2C[C@@H](C)[C@H](C(=O)O)C2)cs1. The molecule has 0 aliphatic carbocycles. The zero-order valence-electron chi connectivity index (χ0n) is 10.4. The third kappa shape index (κ3) is 2.50. The summed E-state index contributed by atoms with van der Waals surface area (Å²) in [6.07, 6.45) is 0. The minimum absolute atomic E-state index is 0.215. The molecule has 94 valence electrons. The number of hydrogen-bond acceptors (Lipinski definition) is 4. The van der Waals surface area contributed by atoms with Crippen molar-refractivity contribution < 1.29 is 9.90 Å². The lowest BCUT2D eigenvalue weighted by molar-refractivity contribution is -0.142. The number of thiazole rings is 1. The Morgan fingerprint density at radius 1 is 1.65 bits per heavy atom. The topological polar surface area (TPSA) is 53.4 Å². The maximum Gasteiger partial charge on any atom is 0.308 e. The molecule has 3 atom stereocenters. The summed E-state index contributed by atoms with van der Waals surface area (Å²) in [7, 11) is 0. The number of carboxylic acids is 1. The van der Waals surface area contributed by atoms with Gasteiger partial charge in [0.05, 0.1) is 22.7 Å². The summed E-state index contributed by atoms with van der Waals surface area (Å²) < 4.78 is 0. The predicted octanol–water partition coefficient (Wildman–Crippen LogP) is 2.17. The number of aromatic nitrogens is 1. The van der Waals surface area contributed by atoms with Crippen LogP contribution in [0.1, 0.15) is 30.6 Å². The van der Waals surface area contributed by atoms with Crippen LogP contribution >= 0.6 is 11.3 Å². The van der Waals surface area contributed by atoms with Crippen LogP contribution in [-0.2, 0) is 4.79 Å². The zero-order chi connectivity index (χ0) is 12.6. The van der Waals surface area contributed by atoms with Crippen LogP contribution in [0.15, 0.2) is 5.38 Å². The van der Waals surface area contributed by atoms with Gasteiger partial charge in [-0.15, -0.1) is 11.3 Å². The Hall–Kier alpha value is -0.940. The summed E-state index contributed by atoms with van der Waals surface area (Å²) in [5, 5.41) is 12.2. The van der Waals surface area contributed by atoms with E-state index in [1.54, 1.807) is 11.3 Å². The van der Waals surface area contributed by atoms with Gasteiger partial charge in [-0.25, -0.2) is 4.98 Å². The molecule has 0 amide bonds. The van der Waals surface area contributed by atoms with Crippen molar-refractivity contribution in [2.24, 2.45) is 11.8 Å².